The fourth-order valence-corrected chi connectivity index (χ4v) is 6.72. The average Bonchev–Trinajstić information content (AvgIpc) is 3.13. The molecule has 0 saturated heterocycles. The Kier molecular flexibility index (Phi) is 4.73. The lowest BCUT2D eigenvalue weighted by Gasteiger charge is -2.07. The molecule has 2 nitrogen and oxygen atoms in total. The first-order valence-corrected chi connectivity index (χ1v) is 9.63. The molecule has 3 rings (SSSR count). The maximum Gasteiger partial charge on any atom is 0.129 e. The van der Waals surface area contributed by atoms with E-state index in [1.54, 1.807) is 11.5 Å². The number of hydrogen-bond acceptors (Lipinski definition) is 5. The smallest absolute Gasteiger partial charge is 0.129 e. The highest BCUT2D eigenvalue weighted by Crippen LogP contribution is 2.43. The molecule has 0 spiro atoms. The van der Waals surface area contributed by atoms with Crippen molar-refractivity contribution in [1.82, 2.24) is 4.37 Å². The number of nitrogens with zero attached hydrogens (tertiary/aromatic N) is 2. The molecule has 1 aromatic rings. The molecule has 0 bridgehead atoms. The molecule has 2 aliphatic carbocycles. The van der Waals surface area contributed by atoms with Crippen LogP contribution in [0.2, 0.25) is 0 Å². The quantitative estimate of drug-likeness (QED) is 0.776. The zero-order valence-corrected chi connectivity index (χ0v) is 13.4. The van der Waals surface area contributed by atoms with E-state index in [1.165, 1.54) is 51.4 Å². The lowest BCUT2D eigenvalue weighted by molar-refractivity contribution is 0.886. The van der Waals surface area contributed by atoms with E-state index < -0.39 is 0 Å². The van der Waals surface area contributed by atoms with Gasteiger partial charge < -0.3 is 0 Å². The molecule has 19 heavy (non-hydrogen) atoms. The van der Waals surface area contributed by atoms with Gasteiger partial charge in [0.2, 0.25) is 0 Å². The second kappa shape index (κ2) is 6.51. The lowest BCUT2D eigenvalue weighted by atomic mass is 10.4. The van der Waals surface area contributed by atoms with Crippen molar-refractivity contribution in [3.8, 4) is 6.07 Å². The first kappa shape index (κ1) is 13.8. The molecule has 0 atom stereocenters. The number of thioether (sulfide) groups is 2. The summed E-state index contributed by atoms with van der Waals surface area (Å²) in [4.78, 5) is 0. The molecule has 2 aliphatic rings. The van der Waals surface area contributed by atoms with E-state index in [0.29, 0.717) is 5.25 Å². The van der Waals surface area contributed by atoms with Crippen molar-refractivity contribution in [2.75, 3.05) is 0 Å². The number of rotatable bonds is 4. The van der Waals surface area contributed by atoms with Crippen molar-refractivity contribution in [3.63, 3.8) is 0 Å². The van der Waals surface area contributed by atoms with Crippen LogP contribution in [0.5, 0.6) is 0 Å². The van der Waals surface area contributed by atoms with Crippen LogP contribution in [0.25, 0.3) is 0 Å². The molecule has 0 radical (unpaired) electrons. The van der Waals surface area contributed by atoms with Crippen molar-refractivity contribution in [3.05, 3.63) is 5.56 Å². The van der Waals surface area contributed by atoms with E-state index in [4.69, 9.17) is 0 Å². The molecule has 5 heteroatoms. The van der Waals surface area contributed by atoms with Crippen molar-refractivity contribution >= 4 is 35.1 Å². The highest BCUT2D eigenvalue weighted by atomic mass is 32.2. The first-order valence-electron chi connectivity index (χ1n) is 7.10. The summed E-state index contributed by atoms with van der Waals surface area (Å²) in [6.45, 7) is 0. The van der Waals surface area contributed by atoms with Gasteiger partial charge in [-0.3, -0.25) is 0 Å². The number of nitriles is 1. The third-order valence-electron chi connectivity index (χ3n) is 3.90. The predicted octanol–water partition coefficient (Wildman–Crippen LogP) is 5.08. The summed E-state index contributed by atoms with van der Waals surface area (Å²) in [5.41, 5.74) is 0.860. The third kappa shape index (κ3) is 3.29. The minimum Gasteiger partial charge on any atom is -0.192 e. The zero-order valence-electron chi connectivity index (χ0n) is 10.9. The summed E-state index contributed by atoms with van der Waals surface area (Å²) in [5.74, 6) is 0. The molecule has 0 unspecified atom stereocenters. The van der Waals surface area contributed by atoms with Crippen molar-refractivity contribution in [2.45, 2.75) is 71.1 Å². The molecule has 0 aliphatic heterocycles. The third-order valence-corrected chi connectivity index (χ3v) is 7.72. The molecule has 0 amide bonds. The summed E-state index contributed by atoms with van der Waals surface area (Å²) in [6.07, 6.45) is 10.6. The Hall–Kier alpha value is -0.180. The largest absolute Gasteiger partial charge is 0.192 e. The standard InChI is InChI=1S/C14H18N2S3/c15-9-12-13(17-10-5-1-2-6-10)16-19-14(12)18-11-7-3-4-8-11/h10-11H,1-8H2. The van der Waals surface area contributed by atoms with Crippen LogP contribution in [-0.4, -0.2) is 14.9 Å². The summed E-state index contributed by atoms with van der Waals surface area (Å²) in [6, 6.07) is 2.40. The van der Waals surface area contributed by atoms with Gasteiger partial charge in [0.05, 0.1) is 4.21 Å². The van der Waals surface area contributed by atoms with E-state index in [9.17, 15) is 5.26 Å². The maximum atomic E-state index is 9.43. The molecule has 2 fully saturated rings. The predicted molar refractivity (Wildman–Crippen MR) is 83.1 cm³/mol. The highest BCUT2D eigenvalue weighted by Gasteiger charge is 2.24. The van der Waals surface area contributed by atoms with Gasteiger partial charge in [-0.1, -0.05) is 25.7 Å². The Balaban J connectivity index is 1.70. The monoisotopic (exact) mass is 310 g/mol. The molecule has 0 aromatic carbocycles. The van der Waals surface area contributed by atoms with Crippen LogP contribution in [0.4, 0.5) is 0 Å². The second-order valence-electron chi connectivity index (χ2n) is 5.31. The van der Waals surface area contributed by atoms with Gasteiger partial charge in [0, 0.05) is 10.5 Å². The van der Waals surface area contributed by atoms with E-state index >= 15 is 0 Å². The lowest BCUT2D eigenvalue weighted by Crippen LogP contribution is -1.95. The van der Waals surface area contributed by atoms with Crippen molar-refractivity contribution < 1.29 is 0 Å². The normalized spacial score (nSPS) is 21.0. The first-order chi connectivity index (χ1) is 9.36. The Morgan fingerprint density at radius 2 is 1.58 bits per heavy atom. The maximum absolute atomic E-state index is 9.43. The topological polar surface area (TPSA) is 36.7 Å². The van der Waals surface area contributed by atoms with Gasteiger partial charge in [-0.05, 0) is 37.2 Å². The van der Waals surface area contributed by atoms with E-state index in [-0.39, 0.29) is 0 Å². The molecular formula is C14H18N2S3. The van der Waals surface area contributed by atoms with Crippen molar-refractivity contribution in [1.29, 1.82) is 5.26 Å². The molecular weight excluding hydrogens is 292 g/mol. The van der Waals surface area contributed by atoms with Crippen LogP contribution >= 0.6 is 35.1 Å². The second-order valence-corrected chi connectivity index (χ2v) is 8.94. The summed E-state index contributed by atoms with van der Waals surface area (Å²) in [7, 11) is 0. The Labute approximate surface area is 127 Å². The van der Waals surface area contributed by atoms with E-state index in [1.807, 2.05) is 23.5 Å². The van der Waals surface area contributed by atoms with Crippen LogP contribution in [0.1, 0.15) is 56.9 Å². The van der Waals surface area contributed by atoms with Crippen LogP contribution in [0, 0.1) is 11.3 Å². The van der Waals surface area contributed by atoms with Gasteiger partial charge in [0.1, 0.15) is 16.7 Å². The molecule has 1 heterocycles. The van der Waals surface area contributed by atoms with Gasteiger partial charge >= 0.3 is 0 Å². The summed E-state index contributed by atoms with van der Waals surface area (Å²) in [5, 5.41) is 11.8. The molecule has 0 N–H and O–H groups in total. The number of hydrogen-bond donors (Lipinski definition) is 0. The summed E-state index contributed by atoms with van der Waals surface area (Å²) < 4.78 is 5.72. The van der Waals surface area contributed by atoms with Gasteiger partial charge in [-0.2, -0.15) is 9.64 Å². The van der Waals surface area contributed by atoms with Crippen LogP contribution < -0.4 is 0 Å². The van der Waals surface area contributed by atoms with E-state index in [2.05, 4.69) is 10.4 Å². The molecule has 1 aromatic heterocycles. The molecule has 2 saturated carbocycles. The minimum absolute atomic E-state index is 0.693. The van der Waals surface area contributed by atoms with Crippen LogP contribution in [0.3, 0.4) is 0 Å². The summed E-state index contributed by atoms with van der Waals surface area (Å²) >= 11 is 5.29. The fraction of sp³-hybridized carbons (Fsp3) is 0.714. The van der Waals surface area contributed by atoms with Gasteiger partial charge in [-0.25, -0.2) is 0 Å². The number of aromatic nitrogens is 1. The van der Waals surface area contributed by atoms with Crippen LogP contribution in [0.15, 0.2) is 9.24 Å². The Morgan fingerprint density at radius 3 is 2.16 bits per heavy atom. The minimum atomic E-state index is 0.693. The zero-order chi connectivity index (χ0) is 13.1. The van der Waals surface area contributed by atoms with Gasteiger partial charge in [0.25, 0.3) is 0 Å². The average molecular weight is 311 g/mol. The van der Waals surface area contributed by atoms with E-state index in [0.717, 1.165) is 20.0 Å². The fourth-order valence-electron chi connectivity index (χ4n) is 2.84. The Morgan fingerprint density at radius 1 is 1.00 bits per heavy atom. The Bertz CT molecular complexity index is 430. The molecule has 102 valence electrons. The van der Waals surface area contributed by atoms with Crippen molar-refractivity contribution in [2.24, 2.45) is 0 Å². The van der Waals surface area contributed by atoms with Crippen LogP contribution in [-0.2, 0) is 0 Å². The van der Waals surface area contributed by atoms with Gasteiger partial charge in [0.15, 0.2) is 0 Å². The highest BCUT2D eigenvalue weighted by molar-refractivity contribution is 8.02. The SMILES string of the molecule is N#Cc1c(SC2CCCC2)nsc1SC1CCCC1. The van der Waals surface area contributed by atoms with Gasteiger partial charge in [-0.15, -0.1) is 23.5 Å².